The van der Waals surface area contributed by atoms with Crippen molar-refractivity contribution in [2.75, 3.05) is 13.7 Å². The van der Waals surface area contributed by atoms with Crippen LogP contribution in [0.2, 0.25) is 0 Å². The van der Waals surface area contributed by atoms with E-state index in [0.717, 1.165) is 6.07 Å². The number of benzene rings is 1. The highest BCUT2D eigenvalue weighted by Gasteiger charge is 2.14. The highest BCUT2D eigenvalue weighted by atomic mass is 19.1. The number of ether oxygens (including phenoxy) is 2. The first kappa shape index (κ1) is 14.0. The number of carbonyl (C=O) groups is 2. The predicted molar refractivity (Wildman–Crippen MR) is 61.7 cm³/mol. The summed E-state index contributed by atoms with van der Waals surface area (Å²) in [6.07, 6.45) is 0.596. The van der Waals surface area contributed by atoms with Gasteiger partial charge in [0.25, 0.3) is 5.91 Å². The molecule has 0 atom stereocenters. The van der Waals surface area contributed by atoms with Gasteiger partial charge in [-0.3, -0.25) is 9.59 Å². The minimum Gasteiger partial charge on any atom is -0.493 e. The minimum absolute atomic E-state index is 0.0763. The SMILES string of the molecule is COC(=O)CCCOc1cccc(F)c1C(N)=O. The molecular weight excluding hydrogens is 241 g/mol. The Bertz CT molecular complexity index is 448. The molecule has 0 saturated carbocycles. The van der Waals surface area contributed by atoms with E-state index < -0.39 is 11.7 Å². The molecule has 0 bridgehead atoms. The van der Waals surface area contributed by atoms with E-state index in [9.17, 15) is 14.0 Å². The lowest BCUT2D eigenvalue weighted by Gasteiger charge is -2.09. The highest BCUT2D eigenvalue weighted by molar-refractivity contribution is 5.95. The summed E-state index contributed by atoms with van der Waals surface area (Å²) >= 11 is 0. The van der Waals surface area contributed by atoms with Gasteiger partial charge >= 0.3 is 5.97 Å². The first-order valence-corrected chi connectivity index (χ1v) is 5.34. The van der Waals surface area contributed by atoms with E-state index in [1.165, 1.54) is 19.2 Å². The van der Waals surface area contributed by atoms with Gasteiger partial charge in [-0.25, -0.2) is 4.39 Å². The van der Waals surface area contributed by atoms with Crippen LogP contribution in [0.3, 0.4) is 0 Å². The number of carbonyl (C=O) groups excluding carboxylic acids is 2. The van der Waals surface area contributed by atoms with E-state index in [2.05, 4.69) is 4.74 Å². The van der Waals surface area contributed by atoms with Gasteiger partial charge in [-0.15, -0.1) is 0 Å². The third-order valence-corrected chi connectivity index (χ3v) is 2.23. The summed E-state index contributed by atoms with van der Waals surface area (Å²) in [4.78, 5) is 21.9. The van der Waals surface area contributed by atoms with Crippen molar-refractivity contribution >= 4 is 11.9 Å². The summed E-state index contributed by atoms with van der Waals surface area (Å²) in [5, 5.41) is 0. The molecule has 0 spiro atoms. The second-order valence-electron chi connectivity index (χ2n) is 3.51. The van der Waals surface area contributed by atoms with Gasteiger partial charge in [-0.1, -0.05) is 6.07 Å². The third-order valence-electron chi connectivity index (χ3n) is 2.23. The Labute approximate surface area is 104 Å². The smallest absolute Gasteiger partial charge is 0.305 e. The Hall–Kier alpha value is -2.11. The Morgan fingerprint density at radius 2 is 2.11 bits per heavy atom. The number of primary amides is 1. The quantitative estimate of drug-likeness (QED) is 0.613. The van der Waals surface area contributed by atoms with Gasteiger partial charge in [0.1, 0.15) is 17.1 Å². The second-order valence-corrected chi connectivity index (χ2v) is 3.51. The molecule has 0 aliphatic heterocycles. The standard InChI is InChI=1S/C12H14FNO4/c1-17-10(15)6-3-7-18-9-5-2-4-8(13)11(9)12(14)16/h2,4-5H,3,6-7H2,1H3,(H2,14,16). The third kappa shape index (κ3) is 3.73. The number of amides is 1. The van der Waals surface area contributed by atoms with Crippen LogP contribution in [-0.2, 0) is 9.53 Å². The van der Waals surface area contributed by atoms with Crippen molar-refractivity contribution in [3.63, 3.8) is 0 Å². The zero-order valence-electron chi connectivity index (χ0n) is 9.94. The molecule has 0 radical (unpaired) electrons. The van der Waals surface area contributed by atoms with Crippen LogP contribution in [-0.4, -0.2) is 25.6 Å². The largest absolute Gasteiger partial charge is 0.493 e. The first-order chi connectivity index (χ1) is 8.56. The van der Waals surface area contributed by atoms with Crippen LogP contribution in [0.15, 0.2) is 18.2 Å². The summed E-state index contributed by atoms with van der Waals surface area (Å²) in [7, 11) is 1.29. The lowest BCUT2D eigenvalue weighted by Crippen LogP contribution is -2.15. The zero-order valence-corrected chi connectivity index (χ0v) is 9.94. The Kier molecular flexibility index (Phi) is 5.10. The van der Waals surface area contributed by atoms with Crippen LogP contribution in [0.25, 0.3) is 0 Å². The molecule has 1 amide bonds. The van der Waals surface area contributed by atoms with Gasteiger partial charge in [0.2, 0.25) is 0 Å². The molecule has 0 unspecified atom stereocenters. The van der Waals surface area contributed by atoms with Crippen molar-refractivity contribution < 1.29 is 23.5 Å². The van der Waals surface area contributed by atoms with Gasteiger partial charge in [0.05, 0.1) is 13.7 Å². The minimum atomic E-state index is -0.893. The molecule has 98 valence electrons. The van der Waals surface area contributed by atoms with Crippen LogP contribution in [0.1, 0.15) is 23.2 Å². The van der Waals surface area contributed by atoms with Crippen LogP contribution in [0.5, 0.6) is 5.75 Å². The maximum Gasteiger partial charge on any atom is 0.305 e. The summed E-state index contributed by atoms with van der Waals surface area (Å²) in [5.41, 5.74) is 4.77. The van der Waals surface area contributed by atoms with Crippen molar-refractivity contribution in [1.82, 2.24) is 0 Å². The predicted octanol–water partition coefficient (Wildman–Crippen LogP) is 1.26. The van der Waals surface area contributed by atoms with E-state index in [1.54, 1.807) is 0 Å². The van der Waals surface area contributed by atoms with Crippen LogP contribution < -0.4 is 10.5 Å². The van der Waals surface area contributed by atoms with Crippen LogP contribution >= 0.6 is 0 Å². The summed E-state index contributed by atoms with van der Waals surface area (Å²) in [6, 6.07) is 3.99. The van der Waals surface area contributed by atoms with Crippen LogP contribution in [0.4, 0.5) is 4.39 Å². The van der Waals surface area contributed by atoms with Gasteiger partial charge in [0.15, 0.2) is 0 Å². The summed E-state index contributed by atoms with van der Waals surface area (Å²) in [6.45, 7) is 0.166. The van der Waals surface area contributed by atoms with Gasteiger partial charge in [0, 0.05) is 6.42 Å². The summed E-state index contributed by atoms with van der Waals surface area (Å²) < 4.78 is 23.0. The monoisotopic (exact) mass is 255 g/mol. The van der Waals surface area contributed by atoms with Gasteiger partial charge in [-0.2, -0.15) is 0 Å². The normalized spacial score (nSPS) is 9.89. The number of rotatable bonds is 6. The number of hydrogen-bond donors (Lipinski definition) is 1. The second kappa shape index (κ2) is 6.58. The Morgan fingerprint density at radius 3 is 2.72 bits per heavy atom. The Morgan fingerprint density at radius 1 is 1.39 bits per heavy atom. The van der Waals surface area contributed by atoms with E-state index in [4.69, 9.17) is 10.5 Å². The number of methoxy groups -OCH3 is 1. The molecule has 1 rings (SSSR count). The molecule has 5 nitrogen and oxygen atoms in total. The number of esters is 1. The fraction of sp³-hybridized carbons (Fsp3) is 0.333. The molecule has 18 heavy (non-hydrogen) atoms. The van der Waals surface area contributed by atoms with E-state index in [-0.39, 0.29) is 30.3 Å². The molecular formula is C12H14FNO4. The van der Waals surface area contributed by atoms with Gasteiger partial charge in [-0.05, 0) is 18.6 Å². The average molecular weight is 255 g/mol. The molecule has 1 aromatic rings. The highest BCUT2D eigenvalue weighted by Crippen LogP contribution is 2.21. The van der Waals surface area contributed by atoms with Crippen molar-refractivity contribution in [2.24, 2.45) is 5.73 Å². The van der Waals surface area contributed by atoms with E-state index >= 15 is 0 Å². The topological polar surface area (TPSA) is 78.6 Å². The maximum absolute atomic E-state index is 13.3. The van der Waals surface area contributed by atoms with Crippen molar-refractivity contribution in [2.45, 2.75) is 12.8 Å². The molecule has 6 heteroatoms. The molecule has 0 fully saturated rings. The molecule has 0 aliphatic carbocycles. The number of halogens is 1. The zero-order chi connectivity index (χ0) is 13.5. The van der Waals surface area contributed by atoms with Crippen LogP contribution in [0, 0.1) is 5.82 Å². The number of hydrogen-bond acceptors (Lipinski definition) is 4. The maximum atomic E-state index is 13.3. The van der Waals surface area contributed by atoms with Crippen molar-refractivity contribution in [3.8, 4) is 5.75 Å². The molecule has 0 saturated heterocycles. The number of nitrogens with two attached hydrogens (primary N) is 1. The molecule has 0 heterocycles. The van der Waals surface area contributed by atoms with Crippen molar-refractivity contribution in [1.29, 1.82) is 0 Å². The molecule has 0 aliphatic rings. The average Bonchev–Trinajstić information content (AvgIpc) is 2.33. The first-order valence-electron chi connectivity index (χ1n) is 5.34. The van der Waals surface area contributed by atoms with E-state index in [1.807, 2.05) is 0 Å². The molecule has 1 aromatic carbocycles. The van der Waals surface area contributed by atoms with Gasteiger partial charge < -0.3 is 15.2 Å². The Balaban J connectivity index is 2.60. The van der Waals surface area contributed by atoms with E-state index in [0.29, 0.717) is 6.42 Å². The van der Waals surface area contributed by atoms with Crippen molar-refractivity contribution in [3.05, 3.63) is 29.6 Å². The fourth-order valence-corrected chi connectivity index (χ4v) is 1.36. The molecule has 2 N–H and O–H groups in total. The molecule has 0 aromatic heterocycles. The fourth-order valence-electron chi connectivity index (χ4n) is 1.36. The lowest BCUT2D eigenvalue weighted by atomic mass is 10.2. The summed E-state index contributed by atoms with van der Waals surface area (Å²) in [5.74, 6) is -1.90. The lowest BCUT2D eigenvalue weighted by molar-refractivity contribution is -0.140.